The van der Waals surface area contributed by atoms with Crippen molar-refractivity contribution in [3.8, 4) is 11.1 Å². The summed E-state index contributed by atoms with van der Waals surface area (Å²) < 4.78 is 0. The molecule has 2 atom stereocenters. The van der Waals surface area contributed by atoms with Gasteiger partial charge in [-0.1, -0.05) is 48.5 Å². The van der Waals surface area contributed by atoms with E-state index in [1.807, 2.05) is 24.3 Å². The van der Waals surface area contributed by atoms with Gasteiger partial charge in [0.15, 0.2) is 0 Å². The van der Waals surface area contributed by atoms with Crippen LogP contribution >= 0.6 is 11.3 Å². The normalized spacial score (nSPS) is 19.9. The zero-order valence-electron chi connectivity index (χ0n) is 13.8. The fraction of sp³-hybridized carbons (Fsp3) is 0.190. The summed E-state index contributed by atoms with van der Waals surface area (Å²) in [4.78, 5) is 15.5. The maximum Gasteiger partial charge on any atom is 0.223 e. The third-order valence-corrected chi connectivity index (χ3v) is 5.92. The second-order valence-electron chi connectivity index (χ2n) is 6.45. The average molecular weight is 348 g/mol. The number of anilines is 1. The third kappa shape index (κ3) is 3.17. The molecule has 0 radical (unpaired) electrons. The van der Waals surface area contributed by atoms with Crippen LogP contribution in [0.4, 0.5) is 5.69 Å². The highest BCUT2D eigenvalue weighted by Gasteiger charge is 2.38. The van der Waals surface area contributed by atoms with Gasteiger partial charge in [-0.15, -0.1) is 11.3 Å². The number of nitrogens with two attached hydrogens (primary N) is 1. The molecular formula is C21H20N2OS. The van der Waals surface area contributed by atoms with Gasteiger partial charge in [0.25, 0.3) is 0 Å². The predicted octanol–water partition coefficient (Wildman–Crippen LogP) is 4.12. The number of primary amides is 1. The van der Waals surface area contributed by atoms with Crippen LogP contribution in [0.3, 0.4) is 0 Å². The van der Waals surface area contributed by atoms with Crippen molar-refractivity contribution >= 4 is 22.9 Å². The monoisotopic (exact) mass is 348 g/mol. The Morgan fingerprint density at radius 2 is 1.76 bits per heavy atom. The second-order valence-corrected chi connectivity index (χ2v) is 7.43. The van der Waals surface area contributed by atoms with Crippen LogP contribution in [0.5, 0.6) is 0 Å². The van der Waals surface area contributed by atoms with E-state index in [9.17, 15) is 4.79 Å². The van der Waals surface area contributed by atoms with Crippen LogP contribution in [-0.2, 0) is 4.79 Å². The minimum atomic E-state index is -0.208. The molecule has 2 aromatic carbocycles. The Bertz CT molecular complexity index is 861. The van der Waals surface area contributed by atoms with Crippen LogP contribution in [0.2, 0.25) is 0 Å². The number of rotatable bonds is 4. The molecule has 0 saturated carbocycles. The summed E-state index contributed by atoms with van der Waals surface area (Å²) in [7, 11) is 0. The summed E-state index contributed by atoms with van der Waals surface area (Å²) in [5, 5.41) is 2.06. The molecule has 0 aliphatic carbocycles. The van der Waals surface area contributed by atoms with E-state index < -0.39 is 0 Å². The van der Waals surface area contributed by atoms with Gasteiger partial charge in [-0.05, 0) is 34.7 Å². The lowest BCUT2D eigenvalue weighted by molar-refractivity contribution is -0.121. The van der Waals surface area contributed by atoms with Crippen molar-refractivity contribution in [2.45, 2.75) is 5.92 Å². The first-order chi connectivity index (χ1) is 12.2. The summed E-state index contributed by atoms with van der Waals surface area (Å²) >= 11 is 1.70. The Balaban J connectivity index is 1.63. The first-order valence-electron chi connectivity index (χ1n) is 8.45. The zero-order chi connectivity index (χ0) is 17.2. The molecule has 2 unspecified atom stereocenters. The Kier molecular flexibility index (Phi) is 4.28. The lowest BCUT2D eigenvalue weighted by Crippen LogP contribution is -2.29. The van der Waals surface area contributed by atoms with Gasteiger partial charge in [0.2, 0.25) is 5.91 Å². The minimum absolute atomic E-state index is 0.140. The van der Waals surface area contributed by atoms with Gasteiger partial charge >= 0.3 is 0 Å². The molecule has 3 nitrogen and oxygen atoms in total. The predicted molar refractivity (Wildman–Crippen MR) is 104 cm³/mol. The number of carbonyl (C=O) groups is 1. The molecule has 0 spiro atoms. The van der Waals surface area contributed by atoms with E-state index in [-0.39, 0.29) is 17.7 Å². The molecule has 1 fully saturated rings. The molecule has 1 aromatic heterocycles. The van der Waals surface area contributed by atoms with E-state index >= 15 is 0 Å². The third-order valence-electron chi connectivity index (χ3n) is 4.91. The number of carbonyl (C=O) groups excluding carboxylic acids is 1. The maximum atomic E-state index is 12.0. The number of nitrogens with zero attached hydrogens (tertiary/aromatic N) is 1. The Labute approximate surface area is 151 Å². The molecule has 25 heavy (non-hydrogen) atoms. The molecule has 0 bridgehead atoms. The standard InChI is InChI=1S/C21H20N2OS/c22-21(24)19-14-23(13-18(19)20-10-5-11-25-20)17-9-4-8-16(12-17)15-6-2-1-3-7-15/h1-12,18-19H,13-14H2,(H2,22,24). The number of hydrogen-bond acceptors (Lipinski definition) is 3. The molecule has 1 aliphatic heterocycles. The van der Waals surface area contributed by atoms with Gasteiger partial charge in [-0.25, -0.2) is 0 Å². The van der Waals surface area contributed by atoms with E-state index in [1.54, 1.807) is 11.3 Å². The van der Waals surface area contributed by atoms with E-state index in [1.165, 1.54) is 16.0 Å². The number of hydrogen-bond donors (Lipinski definition) is 1. The van der Waals surface area contributed by atoms with Crippen molar-refractivity contribution in [1.29, 1.82) is 0 Å². The van der Waals surface area contributed by atoms with Gasteiger partial charge in [0.05, 0.1) is 5.92 Å². The van der Waals surface area contributed by atoms with Crippen LogP contribution in [0, 0.1) is 5.92 Å². The average Bonchev–Trinajstić information content (AvgIpc) is 3.32. The highest BCUT2D eigenvalue weighted by atomic mass is 32.1. The fourth-order valence-electron chi connectivity index (χ4n) is 3.61. The van der Waals surface area contributed by atoms with Crippen molar-refractivity contribution in [3.05, 3.63) is 77.0 Å². The van der Waals surface area contributed by atoms with Gasteiger partial charge in [0, 0.05) is 29.6 Å². The summed E-state index contributed by atoms with van der Waals surface area (Å²) in [6.45, 7) is 1.50. The fourth-order valence-corrected chi connectivity index (χ4v) is 4.49. The first kappa shape index (κ1) is 15.9. The van der Waals surface area contributed by atoms with Crippen molar-refractivity contribution in [3.63, 3.8) is 0 Å². The van der Waals surface area contributed by atoms with E-state index in [2.05, 4.69) is 52.7 Å². The number of benzene rings is 2. The summed E-state index contributed by atoms with van der Waals surface area (Å²) in [5.41, 5.74) is 9.23. The zero-order valence-corrected chi connectivity index (χ0v) is 14.7. The minimum Gasteiger partial charge on any atom is -0.370 e. The molecule has 1 amide bonds. The summed E-state index contributed by atoms with van der Waals surface area (Å²) in [5.74, 6) is -0.169. The Morgan fingerprint density at radius 1 is 0.960 bits per heavy atom. The molecule has 1 aliphatic rings. The molecular weight excluding hydrogens is 328 g/mol. The molecule has 3 aromatic rings. The van der Waals surface area contributed by atoms with E-state index in [4.69, 9.17) is 5.73 Å². The molecule has 1 saturated heterocycles. The maximum absolute atomic E-state index is 12.0. The van der Waals surface area contributed by atoms with Crippen molar-refractivity contribution < 1.29 is 4.79 Å². The molecule has 4 heteroatoms. The van der Waals surface area contributed by atoms with E-state index in [0.29, 0.717) is 6.54 Å². The second kappa shape index (κ2) is 6.73. The van der Waals surface area contributed by atoms with Crippen LogP contribution < -0.4 is 10.6 Å². The molecule has 2 heterocycles. The number of amides is 1. The van der Waals surface area contributed by atoms with Gasteiger partial charge in [-0.3, -0.25) is 4.79 Å². The number of thiophene rings is 1. The Hall–Kier alpha value is -2.59. The summed E-state index contributed by atoms with van der Waals surface area (Å²) in [6.07, 6.45) is 0. The molecule has 2 N–H and O–H groups in total. The quantitative estimate of drug-likeness (QED) is 0.771. The van der Waals surface area contributed by atoms with Crippen molar-refractivity contribution in [2.75, 3.05) is 18.0 Å². The highest BCUT2D eigenvalue weighted by molar-refractivity contribution is 7.10. The van der Waals surface area contributed by atoms with Crippen LogP contribution in [-0.4, -0.2) is 19.0 Å². The first-order valence-corrected chi connectivity index (χ1v) is 9.33. The topological polar surface area (TPSA) is 46.3 Å². The highest BCUT2D eigenvalue weighted by Crippen LogP contribution is 2.38. The molecule has 126 valence electrons. The van der Waals surface area contributed by atoms with Gasteiger partial charge < -0.3 is 10.6 Å². The van der Waals surface area contributed by atoms with Crippen LogP contribution in [0.25, 0.3) is 11.1 Å². The van der Waals surface area contributed by atoms with Gasteiger partial charge in [-0.2, -0.15) is 0 Å². The Morgan fingerprint density at radius 3 is 2.48 bits per heavy atom. The molecule has 4 rings (SSSR count). The lowest BCUT2D eigenvalue weighted by atomic mass is 9.94. The van der Waals surface area contributed by atoms with Gasteiger partial charge in [0.1, 0.15) is 0 Å². The SMILES string of the molecule is NC(=O)C1CN(c2cccc(-c3ccccc3)c2)CC1c1cccs1. The smallest absolute Gasteiger partial charge is 0.223 e. The van der Waals surface area contributed by atoms with Crippen LogP contribution in [0.1, 0.15) is 10.8 Å². The lowest BCUT2D eigenvalue weighted by Gasteiger charge is -2.19. The van der Waals surface area contributed by atoms with Crippen LogP contribution in [0.15, 0.2) is 72.1 Å². The summed E-state index contributed by atoms with van der Waals surface area (Å²) in [6, 6.07) is 23.0. The van der Waals surface area contributed by atoms with E-state index in [0.717, 1.165) is 12.2 Å². The van der Waals surface area contributed by atoms with Crippen molar-refractivity contribution in [2.24, 2.45) is 11.7 Å². The largest absolute Gasteiger partial charge is 0.370 e. The van der Waals surface area contributed by atoms with Crippen molar-refractivity contribution in [1.82, 2.24) is 0 Å².